The molecule has 3 N–H and O–H groups in total. The number of alkyl carbamates (subject to hydrolysis) is 1. The van der Waals surface area contributed by atoms with Gasteiger partial charge in [-0.25, -0.2) is 4.79 Å². The number of terminal acetylenes is 1. The molecule has 0 aliphatic heterocycles. The maximum Gasteiger partial charge on any atom is 0.408 e. The summed E-state index contributed by atoms with van der Waals surface area (Å²) in [6, 6.07) is 5.84. The zero-order valence-electron chi connectivity index (χ0n) is 18.3. The van der Waals surface area contributed by atoms with Gasteiger partial charge in [0.25, 0.3) is 5.91 Å². The third kappa shape index (κ3) is 8.42. The number of hydrogen-bond donors (Lipinski definition) is 4. The summed E-state index contributed by atoms with van der Waals surface area (Å²) in [5.41, 5.74) is -0.431. The standard InChI is InChI=1S/C22H31N3O5S/c1-6-8-12-23-19(27)18(15-10-9-11-16(26)13-15)25(7-2)20(28)17(14-31)24-21(29)30-22(3,4)5/h2,9-11,13,17-18,26,31H,6,8,12,14H2,1,3-5H3,(H,23,27)(H,24,29). The number of phenolic OH excluding ortho intramolecular Hbond substituents is 1. The number of hydrogen-bond acceptors (Lipinski definition) is 6. The molecule has 170 valence electrons. The lowest BCUT2D eigenvalue weighted by molar-refractivity contribution is -0.138. The maximum atomic E-state index is 13.2. The predicted octanol–water partition coefficient (Wildman–Crippen LogP) is 2.59. The molecule has 2 atom stereocenters. The number of carbonyl (C=O) groups excluding carboxylic acids is 3. The van der Waals surface area contributed by atoms with Crippen molar-refractivity contribution in [1.82, 2.24) is 15.5 Å². The molecule has 0 spiro atoms. The van der Waals surface area contributed by atoms with Crippen molar-refractivity contribution in [2.75, 3.05) is 12.3 Å². The first kappa shape index (κ1) is 26.2. The number of carbonyl (C=O) groups is 3. The molecule has 3 amide bonds. The van der Waals surface area contributed by atoms with Gasteiger partial charge in [0.05, 0.1) is 0 Å². The highest BCUT2D eigenvalue weighted by Gasteiger charge is 2.35. The number of phenols is 1. The van der Waals surface area contributed by atoms with Crippen molar-refractivity contribution in [1.29, 1.82) is 0 Å². The molecule has 31 heavy (non-hydrogen) atoms. The Morgan fingerprint density at radius 3 is 2.52 bits per heavy atom. The van der Waals surface area contributed by atoms with Crippen LogP contribution in [0.5, 0.6) is 5.75 Å². The molecule has 1 aromatic rings. The zero-order chi connectivity index (χ0) is 23.6. The van der Waals surface area contributed by atoms with Gasteiger partial charge in [0.2, 0.25) is 5.91 Å². The largest absolute Gasteiger partial charge is 0.508 e. The number of nitrogens with zero attached hydrogens (tertiary/aromatic N) is 1. The van der Waals surface area contributed by atoms with E-state index in [4.69, 9.17) is 11.2 Å². The molecule has 0 fully saturated rings. The van der Waals surface area contributed by atoms with E-state index in [0.29, 0.717) is 12.1 Å². The van der Waals surface area contributed by atoms with E-state index in [0.717, 1.165) is 17.7 Å². The molecule has 0 saturated carbocycles. The summed E-state index contributed by atoms with van der Waals surface area (Å²) < 4.78 is 5.19. The van der Waals surface area contributed by atoms with Gasteiger partial charge in [-0.1, -0.05) is 31.9 Å². The Morgan fingerprint density at radius 1 is 1.32 bits per heavy atom. The molecule has 2 unspecified atom stereocenters. The van der Waals surface area contributed by atoms with Crippen molar-refractivity contribution in [3.63, 3.8) is 0 Å². The number of thiol groups is 1. The Balaban J connectivity index is 3.20. The van der Waals surface area contributed by atoms with Crippen molar-refractivity contribution < 1.29 is 24.2 Å². The number of amides is 3. The topological polar surface area (TPSA) is 108 Å². The third-order valence-electron chi connectivity index (χ3n) is 4.07. The van der Waals surface area contributed by atoms with Crippen molar-refractivity contribution in [2.45, 2.75) is 58.2 Å². The molecule has 8 nitrogen and oxygen atoms in total. The van der Waals surface area contributed by atoms with Crippen LogP contribution in [0.2, 0.25) is 0 Å². The van der Waals surface area contributed by atoms with Crippen molar-refractivity contribution in [2.24, 2.45) is 0 Å². The summed E-state index contributed by atoms with van der Waals surface area (Å²) in [5.74, 6) is -1.35. The fourth-order valence-corrected chi connectivity index (χ4v) is 2.91. The van der Waals surface area contributed by atoms with Crippen LogP contribution in [0.4, 0.5) is 4.79 Å². The van der Waals surface area contributed by atoms with E-state index in [1.807, 2.05) is 6.92 Å². The summed E-state index contributed by atoms with van der Waals surface area (Å²) in [4.78, 5) is 39.1. The van der Waals surface area contributed by atoms with Gasteiger partial charge in [-0.3, -0.25) is 14.5 Å². The van der Waals surface area contributed by atoms with Gasteiger partial charge in [0.15, 0.2) is 0 Å². The molecule has 0 aliphatic rings. The van der Waals surface area contributed by atoms with Gasteiger partial charge in [-0.15, -0.1) is 0 Å². The van der Waals surface area contributed by atoms with E-state index in [1.165, 1.54) is 12.1 Å². The average molecular weight is 450 g/mol. The van der Waals surface area contributed by atoms with Gasteiger partial charge in [0, 0.05) is 18.3 Å². The smallest absolute Gasteiger partial charge is 0.408 e. The lowest BCUT2D eigenvalue weighted by Crippen LogP contribution is -2.52. The number of nitrogens with one attached hydrogen (secondary N) is 2. The highest BCUT2D eigenvalue weighted by Crippen LogP contribution is 2.25. The fraction of sp³-hybridized carbons (Fsp3) is 0.500. The lowest BCUT2D eigenvalue weighted by atomic mass is 10.0. The minimum atomic E-state index is -1.20. The minimum absolute atomic E-state index is 0.0690. The fourth-order valence-electron chi connectivity index (χ4n) is 2.67. The van der Waals surface area contributed by atoms with Crippen LogP contribution in [0.25, 0.3) is 0 Å². The van der Waals surface area contributed by atoms with Crippen LogP contribution in [0.3, 0.4) is 0 Å². The van der Waals surface area contributed by atoms with E-state index in [9.17, 15) is 19.5 Å². The third-order valence-corrected chi connectivity index (χ3v) is 4.44. The second kappa shape index (κ2) is 12.1. The molecule has 0 aromatic heterocycles. The Labute approximate surface area is 189 Å². The molecule has 1 aromatic carbocycles. The molecule has 0 aliphatic carbocycles. The quantitative estimate of drug-likeness (QED) is 0.201. The van der Waals surface area contributed by atoms with Crippen molar-refractivity contribution >= 4 is 30.5 Å². The molecule has 0 heterocycles. The Hall–Kier alpha value is -2.86. The highest BCUT2D eigenvalue weighted by molar-refractivity contribution is 7.80. The van der Waals surface area contributed by atoms with Crippen LogP contribution in [0, 0.1) is 12.5 Å². The summed E-state index contributed by atoms with van der Waals surface area (Å²) >= 11 is 4.14. The van der Waals surface area contributed by atoms with Crippen LogP contribution < -0.4 is 10.6 Å². The van der Waals surface area contributed by atoms with Crippen LogP contribution in [-0.2, 0) is 14.3 Å². The minimum Gasteiger partial charge on any atom is -0.508 e. The Morgan fingerprint density at radius 2 is 2.00 bits per heavy atom. The second-order valence-corrected chi connectivity index (χ2v) is 8.23. The van der Waals surface area contributed by atoms with Crippen LogP contribution >= 0.6 is 12.6 Å². The first-order valence-electron chi connectivity index (χ1n) is 10.00. The van der Waals surface area contributed by atoms with E-state index in [1.54, 1.807) is 32.9 Å². The number of benzene rings is 1. The van der Waals surface area contributed by atoms with Gasteiger partial charge in [0.1, 0.15) is 23.4 Å². The number of unbranched alkanes of at least 4 members (excludes halogenated alkanes) is 1. The lowest BCUT2D eigenvalue weighted by Gasteiger charge is -2.30. The van der Waals surface area contributed by atoms with Crippen LogP contribution in [-0.4, -0.2) is 51.9 Å². The summed E-state index contributed by atoms with van der Waals surface area (Å²) in [6.45, 7) is 7.46. The van der Waals surface area contributed by atoms with Gasteiger partial charge < -0.3 is 20.5 Å². The number of aromatic hydroxyl groups is 1. The Bertz CT molecular complexity index is 816. The number of ether oxygens (including phenoxy) is 1. The molecule has 0 bridgehead atoms. The second-order valence-electron chi connectivity index (χ2n) is 7.86. The first-order valence-corrected chi connectivity index (χ1v) is 10.6. The van der Waals surface area contributed by atoms with Gasteiger partial charge >= 0.3 is 6.09 Å². The molecule has 1 rings (SSSR count). The normalized spacial score (nSPS) is 12.8. The van der Waals surface area contributed by atoms with Gasteiger partial charge in [-0.05, 0) is 44.9 Å². The number of rotatable bonds is 9. The summed E-state index contributed by atoms with van der Waals surface area (Å²) in [7, 11) is 0. The monoisotopic (exact) mass is 449 g/mol. The SMILES string of the molecule is C#CN(C(=O)C(CS)NC(=O)OC(C)(C)C)C(C(=O)NCCCC)c1cccc(O)c1. The zero-order valence-corrected chi connectivity index (χ0v) is 19.2. The Kier molecular flexibility index (Phi) is 10.2. The molecular formula is C22H31N3O5S. The highest BCUT2D eigenvalue weighted by atomic mass is 32.1. The average Bonchev–Trinajstić information content (AvgIpc) is 2.68. The van der Waals surface area contributed by atoms with E-state index >= 15 is 0 Å². The van der Waals surface area contributed by atoms with E-state index < -0.39 is 35.6 Å². The molecule has 9 heteroatoms. The van der Waals surface area contributed by atoms with Crippen molar-refractivity contribution in [3.8, 4) is 18.2 Å². The summed E-state index contributed by atoms with van der Waals surface area (Å²) in [5, 5.41) is 15.1. The van der Waals surface area contributed by atoms with Gasteiger partial charge in [-0.2, -0.15) is 12.6 Å². The van der Waals surface area contributed by atoms with E-state index in [-0.39, 0.29) is 11.5 Å². The van der Waals surface area contributed by atoms with Crippen LogP contribution in [0.15, 0.2) is 24.3 Å². The maximum absolute atomic E-state index is 13.2. The van der Waals surface area contributed by atoms with Crippen LogP contribution in [0.1, 0.15) is 52.1 Å². The molecule has 0 saturated heterocycles. The molecular weight excluding hydrogens is 418 g/mol. The van der Waals surface area contributed by atoms with E-state index in [2.05, 4.69) is 29.3 Å². The predicted molar refractivity (Wildman–Crippen MR) is 121 cm³/mol. The summed E-state index contributed by atoms with van der Waals surface area (Å²) in [6.07, 6.45) is 6.43. The molecule has 0 radical (unpaired) electrons. The first-order chi connectivity index (χ1) is 14.5. The van der Waals surface area contributed by atoms with Crippen molar-refractivity contribution in [3.05, 3.63) is 29.8 Å².